The number of aryl methyl sites for hydroxylation is 1. The molecule has 0 N–H and O–H groups in total. The van der Waals surface area contributed by atoms with Gasteiger partial charge in [0.25, 0.3) is 0 Å². The van der Waals surface area contributed by atoms with Crippen LogP contribution < -0.4 is 0 Å². The second kappa shape index (κ2) is 4.25. The Labute approximate surface area is 98.4 Å². The zero-order valence-electron chi connectivity index (χ0n) is 8.24. The first-order valence-corrected chi connectivity index (χ1v) is 5.35. The zero-order chi connectivity index (χ0) is 10.8. The molecule has 0 saturated heterocycles. The number of aromatic nitrogens is 2. The minimum Gasteiger partial charge on any atom is -0.265 e. The van der Waals surface area contributed by atoms with Crippen LogP contribution in [0, 0.1) is 6.92 Å². The average molecular weight is 241 g/mol. The van der Waals surface area contributed by atoms with Crippen LogP contribution in [0.3, 0.4) is 0 Å². The Balaban J connectivity index is 2.36. The lowest BCUT2D eigenvalue weighted by atomic mass is 10.2. The van der Waals surface area contributed by atoms with Gasteiger partial charge in [0.1, 0.15) is 0 Å². The monoisotopic (exact) mass is 240 g/mol. The summed E-state index contributed by atoms with van der Waals surface area (Å²) < 4.78 is 1.87. The van der Waals surface area contributed by atoms with Crippen molar-refractivity contribution in [1.29, 1.82) is 0 Å². The van der Waals surface area contributed by atoms with Crippen LogP contribution >= 0.6 is 23.2 Å². The molecule has 2 nitrogen and oxygen atoms in total. The van der Waals surface area contributed by atoms with E-state index >= 15 is 0 Å². The summed E-state index contributed by atoms with van der Waals surface area (Å²) >= 11 is 12.1. The second-order valence-electron chi connectivity index (χ2n) is 3.33. The number of halogens is 2. The van der Waals surface area contributed by atoms with E-state index in [0.717, 1.165) is 11.3 Å². The van der Waals surface area contributed by atoms with Crippen molar-refractivity contribution in [3.63, 3.8) is 0 Å². The first-order valence-electron chi connectivity index (χ1n) is 4.60. The number of benzene rings is 1. The van der Waals surface area contributed by atoms with Crippen LogP contribution in [-0.4, -0.2) is 9.78 Å². The third-order valence-corrected chi connectivity index (χ3v) is 3.01. The first-order chi connectivity index (χ1) is 7.18. The van der Waals surface area contributed by atoms with Crippen molar-refractivity contribution >= 4 is 23.2 Å². The Bertz CT molecular complexity index is 457. The third-order valence-electron chi connectivity index (χ3n) is 2.30. The lowest BCUT2D eigenvalue weighted by molar-refractivity contribution is 0.665. The van der Waals surface area contributed by atoms with Gasteiger partial charge in [-0.25, -0.2) is 0 Å². The van der Waals surface area contributed by atoms with Gasteiger partial charge in [0.2, 0.25) is 0 Å². The molecule has 78 valence electrons. The maximum Gasteiger partial charge on any atom is 0.0691 e. The molecule has 1 aromatic heterocycles. The summed E-state index contributed by atoms with van der Waals surface area (Å²) in [5.74, 6) is 0. The Hall–Kier alpha value is -0.990. The Kier molecular flexibility index (Phi) is 2.98. The van der Waals surface area contributed by atoms with Gasteiger partial charge in [-0.15, -0.1) is 0 Å². The molecule has 0 spiro atoms. The molecule has 1 aromatic carbocycles. The predicted molar refractivity (Wildman–Crippen MR) is 62.5 cm³/mol. The zero-order valence-corrected chi connectivity index (χ0v) is 9.76. The third kappa shape index (κ3) is 2.16. The summed E-state index contributed by atoms with van der Waals surface area (Å²) in [4.78, 5) is 0. The van der Waals surface area contributed by atoms with Crippen molar-refractivity contribution in [1.82, 2.24) is 9.78 Å². The van der Waals surface area contributed by atoms with E-state index in [1.54, 1.807) is 6.20 Å². The maximum atomic E-state index is 6.07. The lowest BCUT2D eigenvalue weighted by Crippen LogP contribution is -2.04. The van der Waals surface area contributed by atoms with E-state index in [2.05, 4.69) is 5.10 Å². The summed E-state index contributed by atoms with van der Waals surface area (Å²) in [6, 6.07) is 7.46. The second-order valence-corrected chi connectivity index (χ2v) is 4.14. The van der Waals surface area contributed by atoms with Crippen LogP contribution in [0.15, 0.2) is 30.5 Å². The Morgan fingerprint density at radius 2 is 1.87 bits per heavy atom. The molecule has 0 aliphatic heterocycles. The average Bonchev–Trinajstić information content (AvgIpc) is 2.58. The van der Waals surface area contributed by atoms with Crippen LogP contribution in [0.1, 0.15) is 11.3 Å². The molecule has 0 saturated carbocycles. The van der Waals surface area contributed by atoms with Gasteiger partial charge in [-0.3, -0.25) is 4.68 Å². The van der Waals surface area contributed by atoms with Gasteiger partial charge in [-0.1, -0.05) is 29.3 Å². The molecular weight excluding hydrogens is 231 g/mol. The SMILES string of the molecule is Cc1ccnn1Cc1c(Cl)cccc1Cl. The van der Waals surface area contributed by atoms with Gasteiger partial charge >= 0.3 is 0 Å². The predicted octanol–water partition coefficient (Wildman–Crippen LogP) is 3.55. The van der Waals surface area contributed by atoms with Crippen molar-refractivity contribution in [2.24, 2.45) is 0 Å². The quantitative estimate of drug-likeness (QED) is 0.786. The molecule has 2 rings (SSSR count). The fourth-order valence-electron chi connectivity index (χ4n) is 1.40. The highest BCUT2D eigenvalue weighted by molar-refractivity contribution is 6.35. The molecule has 4 heteroatoms. The van der Waals surface area contributed by atoms with Gasteiger partial charge in [0.15, 0.2) is 0 Å². The summed E-state index contributed by atoms with van der Waals surface area (Å²) in [6.07, 6.45) is 1.76. The van der Waals surface area contributed by atoms with Crippen molar-refractivity contribution in [3.8, 4) is 0 Å². The topological polar surface area (TPSA) is 17.8 Å². The highest BCUT2D eigenvalue weighted by atomic mass is 35.5. The normalized spacial score (nSPS) is 10.6. The molecule has 0 aliphatic rings. The lowest BCUT2D eigenvalue weighted by Gasteiger charge is -2.08. The molecule has 0 amide bonds. The van der Waals surface area contributed by atoms with Crippen LogP contribution in [0.4, 0.5) is 0 Å². The van der Waals surface area contributed by atoms with E-state index in [4.69, 9.17) is 23.2 Å². The molecular formula is C11H10Cl2N2. The van der Waals surface area contributed by atoms with E-state index in [-0.39, 0.29) is 0 Å². The fraction of sp³-hybridized carbons (Fsp3) is 0.182. The molecule has 0 radical (unpaired) electrons. The van der Waals surface area contributed by atoms with E-state index in [1.165, 1.54) is 0 Å². The summed E-state index contributed by atoms with van der Waals surface area (Å²) in [7, 11) is 0. The Morgan fingerprint density at radius 3 is 2.40 bits per heavy atom. The van der Waals surface area contributed by atoms with Gasteiger partial charge in [0, 0.05) is 27.5 Å². The van der Waals surface area contributed by atoms with Crippen molar-refractivity contribution in [2.45, 2.75) is 13.5 Å². The van der Waals surface area contributed by atoms with E-state index in [1.807, 2.05) is 35.9 Å². The molecule has 0 bridgehead atoms. The molecule has 1 heterocycles. The smallest absolute Gasteiger partial charge is 0.0691 e. The summed E-state index contributed by atoms with van der Waals surface area (Å²) in [6.45, 7) is 2.61. The number of hydrogen-bond donors (Lipinski definition) is 0. The minimum atomic E-state index is 0.608. The number of hydrogen-bond acceptors (Lipinski definition) is 1. The van der Waals surface area contributed by atoms with Crippen LogP contribution in [-0.2, 0) is 6.54 Å². The van der Waals surface area contributed by atoms with E-state index < -0.39 is 0 Å². The van der Waals surface area contributed by atoms with Crippen molar-refractivity contribution < 1.29 is 0 Å². The maximum absolute atomic E-state index is 6.07. The molecule has 2 aromatic rings. The van der Waals surface area contributed by atoms with Crippen molar-refractivity contribution in [3.05, 3.63) is 51.8 Å². The van der Waals surface area contributed by atoms with Gasteiger partial charge in [0.05, 0.1) is 6.54 Å². The molecule has 0 aliphatic carbocycles. The summed E-state index contributed by atoms with van der Waals surface area (Å²) in [5, 5.41) is 5.55. The molecule has 15 heavy (non-hydrogen) atoms. The summed E-state index contributed by atoms with van der Waals surface area (Å²) in [5.41, 5.74) is 2.00. The van der Waals surface area contributed by atoms with Crippen LogP contribution in [0.2, 0.25) is 10.0 Å². The Morgan fingerprint density at radius 1 is 1.20 bits per heavy atom. The number of nitrogens with zero attached hydrogens (tertiary/aromatic N) is 2. The van der Waals surface area contributed by atoms with Gasteiger partial charge in [-0.05, 0) is 25.1 Å². The van der Waals surface area contributed by atoms with E-state index in [0.29, 0.717) is 16.6 Å². The van der Waals surface area contributed by atoms with Gasteiger partial charge in [-0.2, -0.15) is 5.10 Å². The molecule has 0 atom stereocenters. The van der Waals surface area contributed by atoms with Gasteiger partial charge < -0.3 is 0 Å². The number of rotatable bonds is 2. The highest BCUT2D eigenvalue weighted by Gasteiger charge is 2.07. The van der Waals surface area contributed by atoms with Crippen LogP contribution in [0.5, 0.6) is 0 Å². The molecule has 0 fully saturated rings. The highest BCUT2D eigenvalue weighted by Crippen LogP contribution is 2.25. The van der Waals surface area contributed by atoms with Crippen molar-refractivity contribution in [2.75, 3.05) is 0 Å². The van der Waals surface area contributed by atoms with E-state index in [9.17, 15) is 0 Å². The largest absolute Gasteiger partial charge is 0.265 e. The standard InChI is InChI=1S/C11H10Cl2N2/c1-8-5-6-14-15(8)7-9-10(12)3-2-4-11(9)13/h2-6H,7H2,1H3. The first kappa shape index (κ1) is 10.5. The van der Waals surface area contributed by atoms with Crippen LogP contribution in [0.25, 0.3) is 0 Å². The minimum absolute atomic E-state index is 0.608. The molecule has 0 unspecified atom stereocenters. The fourth-order valence-corrected chi connectivity index (χ4v) is 1.91.